The molecule has 2 aromatic heterocycles. The molecule has 0 aliphatic heterocycles. The van der Waals surface area contributed by atoms with Crippen molar-refractivity contribution in [3.05, 3.63) is 100 Å². The van der Waals surface area contributed by atoms with E-state index in [1.807, 2.05) is 0 Å². The lowest BCUT2D eigenvalue weighted by molar-refractivity contribution is -0.137. The lowest BCUT2D eigenvalue weighted by atomic mass is 10.1. The number of pyridine rings is 1. The highest BCUT2D eigenvalue weighted by molar-refractivity contribution is 5.94. The monoisotopic (exact) mass is 424 g/mol. The van der Waals surface area contributed by atoms with Crippen LogP contribution in [0.15, 0.2) is 77.9 Å². The molecule has 0 saturated heterocycles. The number of carbonyl (C=O) groups excluding carboxylic acids is 1. The van der Waals surface area contributed by atoms with Crippen molar-refractivity contribution >= 4 is 16.9 Å². The Bertz CT molecular complexity index is 1320. The van der Waals surface area contributed by atoms with Crippen molar-refractivity contribution in [1.29, 1.82) is 0 Å². The van der Waals surface area contributed by atoms with Crippen LogP contribution in [0, 0.1) is 0 Å². The number of carbonyl (C=O) groups is 1. The summed E-state index contributed by atoms with van der Waals surface area (Å²) in [6, 6.07) is 14.2. The van der Waals surface area contributed by atoms with Gasteiger partial charge in [-0.1, -0.05) is 18.2 Å². The lowest BCUT2D eigenvalue weighted by Crippen LogP contribution is -2.34. The summed E-state index contributed by atoms with van der Waals surface area (Å²) in [5, 5.41) is 2.61. The fourth-order valence-corrected chi connectivity index (χ4v) is 3.12. The average Bonchev–Trinajstić information content (AvgIpc) is 2.77. The molecule has 0 aliphatic rings. The minimum absolute atomic E-state index is 0.0124. The first-order valence-corrected chi connectivity index (χ1v) is 9.21. The maximum absolute atomic E-state index is 13.2. The molecule has 0 spiro atoms. The summed E-state index contributed by atoms with van der Waals surface area (Å²) in [6.07, 6.45) is -1.44. The van der Waals surface area contributed by atoms with Crippen molar-refractivity contribution in [3.8, 4) is 5.69 Å². The molecule has 0 fully saturated rings. The molecule has 4 rings (SSSR count). The Labute approximate surface area is 174 Å². The van der Waals surface area contributed by atoms with Crippen LogP contribution in [0.25, 0.3) is 16.7 Å². The van der Waals surface area contributed by atoms with Gasteiger partial charge in [0.25, 0.3) is 11.5 Å². The van der Waals surface area contributed by atoms with Crippen LogP contribution in [-0.2, 0) is 12.7 Å². The number of halogens is 3. The molecule has 0 saturated carbocycles. The number of aromatic nitrogens is 3. The zero-order chi connectivity index (χ0) is 22.0. The largest absolute Gasteiger partial charge is 0.416 e. The van der Waals surface area contributed by atoms with Gasteiger partial charge in [-0.15, -0.1) is 0 Å². The second kappa shape index (κ2) is 8.02. The van der Waals surface area contributed by atoms with Crippen LogP contribution >= 0.6 is 0 Å². The fourth-order valence-electron chi connectivity index (χ4n) is 3.12. The second-order valence-corrected chi connectivity index (χ2v) is 6.68. The summed E-state index contributed by atoms with van der Waals surface area (Å²) in [5.74, 6) is -0.728. The first-order chi connectivity index (χ1) is 14.8. The van der Waals surface area contributed by atoms with Crippen molar-refractivity contribution in [2.75, 3.05) is 0 Å². The highest BCUT2D eigenvalue weighted by atomic mass is 19.4. The molecule has 1 amide bonds. The van der Waals surface area contributed by atoms with Gasteiger partial charge >= 0.3 is 6.18 Å². The van der Waals surface area contributed by atoms with Crippen molar-refractivity contribution in [2.24, 2.45) is 0 Å². The highest BCUT2D eigenvalue weighted by Gasteiger charge is 2.31. The molecular formula is C22H15F3N4O2. The fraction of sp³-hybridized carbons (Fsp3) is 0.0909. The minimum atomic E-state index is -4.58. The molecule has 2 aromatic carbocycles. The van der Waals surface area contributed by atoms with E-state index in [1.165, 1.54) is 12.1 Å². The van der Waals surface area contributed by atoms with Gasteiger partial charge in [-0.3, -0.25) is 19.1 Å². The topological polar surface area (TPSA) is 76.9 Å². The number of rotatable bonds is 4. The van der Waals surface area contributed by atoms with E-state index < -0.39 is 28.9 Å². The van der Waals surface area contributed by atoms with Crippen molar-refractivity contribution in [2.45, 2.75) is 12.7 Å². The van der Waals surface area contributed by atoms with Crippen LogP contribution in [0.1, 0.15) is 21.6 Å². The van der Waals surface area contributed by atoms with Crippen molar-refractivity contribution < 1.29 is 18.0 Å². The first kappa shape index (κ1) is 20.3. The Morgan fingerprint density at radius 1 is 1.00 bits per heavy atom. The smallest absolute Gasteiger partial charge is 0.346 e. The van der Waals surface area contributed by atoms with Crippen LogP contribution in [0.2, 0.25) is 0 Å². The molecule has 0 unspecified atom stereocenters. The van der Waals surface area contributed by atoms with E-state index in [9.17, 15) is 22.8 Å². The van der Waals surface area contributed by atoms with Gasteiger partial charge in [-0.05, 0) is 48.0 Å². The van der Waals surface area contributed by atoms with Gasteiger partial charge in [-0.2, -0.15) is 13.2 Å². The summed E-state index contributed by atoms with van der Waals surface area (Å²) in [5.41, 5.74) is -0.785. The van der Waals surface area contributed by atoms with Gasteiger partial charge < -0.3 is 5.32 Å². The maximum Gasteiger partial charge on any atom is 0.416 e. The Kier molecular flexibility index (Phi) is 5.24. The van der Waals surface area contributed by atoms with E-state index in [2.05, 4.69) is 15.3 Å². The summed E-state index contributed by atoms with van der Waals surface area (Å²) < 4.78 is 40.7. The van der Waals surface area contributed by atoms with E-state index in [0.717, 1.165) is 22.3 Å². The zero-order valence-corrected chi connectivity index (χ0v) is 15.9. The molecule has 9 heteroatoms. The van der Waals surface area contributed by atoms with E-state index >= 15 is 0 Å². The van der Waals surface area contributed by atoms with Gasteiger partial charge in [0.15, 0.2) is 5.69 Å². The normalized spacial score (nSPS) is 11.5. The molecule has 0 radical (unpaired) electrons. The standard InChI is InChI=1S/C22H15F3N4O2/c23-22(24,25)15-4-3-5-16(12-15)29-18-7-2-1-6-17(18)28-19(21(29)31)20(30)27-13-14-8-10-26-11-9-14/h1-12H,13H2,(H,27,30). The van der Waals surface area contributed by atoms with E-state index in [0.29, 0.717) is 5.52 Å². The van der Waals surface area contributed by atoms with Gasteiger partial charge in [-0.25, -0.2) is 4.98 Å². The van der Waals surface area contributed by atoms with Crippen LogP contribution in [-0.4, -0.2) is 20.4 Å². The minimum Gasteiger partial charge on any atom is -0.346 e. The predicted octanol–water partition coefficient (Wildman–Crippen LogP) is 3.73. The van der Waals surface area contributed by atoms with Gasteiger partial charge in [0.1, 0.15) is 0 Å². The third-order valence-corrected chi connectivity index (χ3v) is 4.61. The number of hydrogen-bond acceptors (Lipinski definition) is 4. The van der Waals surface area contributed by atoms with Crippen LogP contribution in [0.5, 0.6) is 0 Å². The third-order valence-electron chi connectivity index (χ3n) is 4.61. The number of amides is 1. The SMILES string of the molecule is O=C(NCc1ccncc1)c1nc2ccccc2n(-c2cccc(C(F)(F)F)c2)c1=O. The Balaban J connectivity index is 1.82. The summed E-state index contributed by atoms with van der Waals surface area (Å²) in [7, 11) is 0. The molecule has 6 nitrogen and oxygen atoms in total. The lowest BCUT2D eigenvalue weighted by Gasteiger charge is -2.14. The quantitative estimate of drug-likeness (QED) is 0.542. The maximum atomic E-state index is 13.2. The van der Waals surface area contributed by atoms with Gasteiger partial charge in [0.05, 0.1) is 16.6 Å². The Morgan fingerprint density at radius 2 is 1.74 bits per heavy atom. The van der Waals surface area contributed by atoms with E-state index in [-0.39, 0.29) is 17.7 Å². The Hall–Kier alpha value is -4.01. The molecule has 31 heavy (non-hydrogen) atoms. The van der Waals surface area contributed by atoms with Crippen LogP contribution < -0.4 is 10.9 Å². The molecule has 2 heterocycles. The van der Waals surface area contributed by atoms with Crippen molar-refractivity contribution in [1.82, 2.24) is 19.9 Å². The molecule has 4 aromatic rings. The predicted molar refractivity (Wildman–Crippen MR) is 108 cm³/mol. The molecule has 0 aliphatic carbocycles. The number of benzene rings is 2. The number of fused-ring (bicyclic) bond motifs is 1. The molecular weight excluding hydrogens is 409 g/mol. The van der Waals surface area contributed by atoms with Gasteiger partial charge in [0.2, 0.25) is 0 Å². The van der Waals surface area contributed by atoms with Crippen LogP contribution in [0.3, 0.4) is 0 Å². The number of para-hydroxylation sites is 2. The number of nitrogens with one attached hydrogen (secondary N) is 1. The summed E-state index contributed by atoms with van der Waals surface area (Å²) >= 11 is 0. The van der Waals surface area contributed by atoms with E-state index in [4.69, 9.17) is 0 Å². The second-order valence-electron chi connectivity index (χ2n) is 6.68. The molecule has 156 valence electrons. The summed E-state index contributed by atoms with van der Waals surface area (Å²) in [6.45, 7) is 0.138. The number of hydrogen-bond donors (Lipinski definition) is 1. The van der Waals surface area contributed by atoms with Gasteiger partial charge in [0, 0.05) is 24.6 Å². The first-order valence-electron chi connectivity index (χ1n) is 9.21. The third kappa shape index (κ3) is 4.16. The van der Waals surface area contributed by atoms with Crippen molar-refractivity contribution in [3.63, 3.8) is 0 Å². The van der Waals surface area contributed by atoms with E-state index in [1.54, 1.807) is 48.8 Å². The Morgan fingerprint density at radius 3 is 2.48 bits per heavy atom. The number of alkyl halides is 3. The summed E-state index contributed by atoms with van der Waals surface area (Å²) in [4.78, 5) is 33.9. The zero-order valence-electron chi connectivity index (χ0n) is 15.9. The highest BCUT2D eigenvalue weighted by Crippen LogP contribution is 2.30. The molecule has 1 N–H and O–H groups in total. The number of nitrogens with zero attached hydrogens (tertiary/aromatic N) is 3. The molecule has 0 atom stereocenters. The average molecular weight is 424 g/mol. The van der Waals surface area contributed by atoms with Crippen LogP contribution in [0.4, 0.5) is 13.2 Å². The molecule has 0 bridgehead atoms.